The molecule has 2 atom stereocenters. The van der Waals surface area contributed by atoms with Crippen LogP contribution < -0.4 is 9.64 Å². The van der Waals surface area contributed by atoms with Crippen molar-refractivity contribution in [3.8, 4) is 5.75 Å². The molecular weight excluding hydrogens is 458 g/mol. The first kappa shape index (κ1) is 24.8. The van der Waals surface area contributed by atoms with E-state index >= 15 is 0 Å². The molecule has 1 saturated carbocycles. The molecule has 1 amide bonds. The molecule has 2 heterocycles. The van der Waals surface area contributed by atoms with Gasteiger partial charge in [0.15, 0.2) is 0 Å². The largest absolute Gasteiger partial charge is 0.449 e. The number of esters is 1. The quantitative estimate of drug-likeness (QED) is 0.406. The molecule has 1 aromatic carbocycles. The van der Waals surface area contributed by atoms with E-state index in [1.165, 1.54) is 9.21 Å². The van der Waals surface area contributed by atoms with Crippen molar-refractivity contribution in [2.75, 3.05) is 50.8 Å². The van der Waals surface area contributed by atoms with Crippen molar-refractivity contribution >= 4 is 27.8 Å². The molecule has 34 heavy (non-hydrogen) atoms. The van der Waals surface area contributed by atoms with E-state index in [4.69, 9.17) is 9.47 Å². The van der Waals surface area contributed by atoms with Crippen molar-refractivity contribution in [1.82, 2.24) is 9.21 Å². The highest BCUT2D eigenvalue weighted by molar-refractivity contribution is 7.90. The van der Waals surface area contributed by atoms with Crippen LogP contribution in [0.3, 0.4) is 0 Å². The third kappa shape index (κ3) is 5.02. The molecule has 2 unspecified atom stereocenters. The zero-order valence-corrected chi connectivity index (χ0v) is 21.1. The Labute approximate surface area is 202 Å². The number of carbonyl (C=O) groups excluding carboxylic acids is 2. The summed E-state index contributed by atoms with van der Waals surface area (Å²) in [5.41, 5.74) is 2.01. The molecule has 188 valence electrons. The van der Waals surface area contributed by atoms with Gasteiger partial charge in [-0.25, -0.2) is 13.2 Å². The van der Waals surface area contributed by atoms with E-state index in [9.17, 15) is 18.0 Å². The second kappa shape index (κ2) is 10.1. The van der Waals surface area contributed by atoms with Gasteiger partial charge in [-0.2, -0.15) is 4.31 Å². The van der Waals surface area contributed by atoms with Crippen LogP contribution in [-0.2, 0) is 19.6 Å². The van der Waals surface area contributed by atoms with Crippen molar-refractivity contribution < 1.29 is 27.5 Å². The molecule has 3 aliphatic rings. The number of rotatable bonds is 8. The summed E-state index contributed by atoms with van der Waals surface area (Å²) in [7, 11) is -3.22. The van der Waals surface area contributed by atoms with Crippen LogP contribution in [0.25, 0.3) is 0 Å². The Bertz CT molecular complexity index is 1010. The van der Waals surface area contributed by atoms with Gasteiger partial charge in [-0.1, -0.05) is 13.0 Å². The SMILES string of the molecule is CCN(CC)c1ccc2c(c1)OC(=O)C(CCOC(=O)N1CCN(S(=O)(=O)C3CC3)CC1)C2C. The molecule has 1 saturated heterocycles. The molecule has 0 bridgehead atoms. The van der Waals surface area contributed by atoms with Gasteiger partial charge in [-0.3, -0.25) is 4.79 Å². The third-order valence-electron chi connectivity index (χ3n) is 7.19. The topological polar surface area (TPSA) is 96.5 Å². The normalized spacial score (nSPS) is 23.3. The van der Waals surface area contributed by atoms with Crippen LogP contribution in [0.4, 0.5) is 10.5 Å². The van der Waals surface area contributed by atoms with Gasteiger partial charge in [-0.15, -0.1) is 0 Å². The molecule has 2 fully saturated rings. The van der Waals surface area contributed by atoms with Gasteiger partial charge in [-0.05, 0) is 50.7 Å². The Kier molecular flexibility index (Phi) is 7.37. The smallest absolute Gasteiger partial charge is 0.409 e. The van der Waals surface area contributed by atoms with Gasteiger partial charge in [0, 0.05) is 51.0 Å². The molecule has 10 heteroatoms. The van der Waals surface area contributed by atoms with Crippen LogP contribution in [0.2, 0.25) is 0 Å². The minimum absolute atomic E-state index is 0.0446. The average Bonchev–Trinajstić information content (AvgIpc) is 3.68. The molecule has 9 nitrogen and oxygen atoms in total. The van der Waals surface area contributed by atoms with Crippen LogP contribution in [0.15, 0.2) is 18.2 Å². The number of benzene rings is 1. The highest BCUT2D eigenvalue weighted by Gasteiger charge is 2.41. The van der Waals surface area contributed by atoms with Crippen molar-refractivity contribution in [1.29, 1.82) is 0 Å². The molecule has 4 rings (SSSR count). The fraction of sp³-hybridized carbons (Fsp3) is 0.667. The summed E-state index contributed by atoms with van der Waals surface area (Å²) in [5.74, 6) is -0.127. The number of piperazine rings is 1. The lowest BCUT2D eigenvalue weighted by Gasteiger charge is -2.34. The Balaban J connectivity index is 1.28. The summed E-state index contributed by atoms with van der Waals surface area (Å²) in [6, 6.07) is 6.01. The Morgan fingerprint density at radius 1 is 1.15 bits per heavy atom. The number of hydrogen-bond donors (Lipinski definition) is 0. The van der Waals surface area contributed by atoms with Crippen LogP contribution in [-0.4, -0.2) is 80.8 Å². The number of ether oxygens (including phenoxy) is 2. The fourth-order valence-corrected chi connectivity index (χ4v) is 6.64. The molecule has 1 aromatic rings. The lowest BCUT2D eigenvalue weighted by atomic mass is 9.83. The average molecular weight is 494 g/mol. The number of nitrogens with zero attached hydrogens (tertiary/aromatic N) is 3. The number of carbonyl (C=O) groups is 2. The summed E-state index contributed by atoms with van der Waals surface area (Å²) in [4.78, 5) is 28.9. The lowest BCUT2D eigenvalue weighted by molar-refractivity contribution is -0.141. The van der Waals surface area contributed by atoms with E-state index < -0.39 is 16.1 Å². The van der Waals surface area contributed by atoms with Gasteiger partial charge in [0.05, 0.1) is 17.8 Å². The summed E-state index contributed by atoms with van der Waals surface area (Å²) in [5, 5.41) is -0.239. The van der Waals surface area contributed by atoms with E-state index in [-0.39, 0.29) is 29.7 Å². The Hall–Kier alpha value is -2.33. The highest BCUT2D eigenvalue weighted by Crippen LogP contribution is 2.41. The summed E-state index contributed by atoms with van der Waals surface area (Å²) in [6.07, 6.45) is 1.37. The first-order valence-electron chi connectivity index (χ1n) is 12.3. The standard InChI is InChI=1S/C24H35N3O6S/c1-4-25(5-2)18-6-9-20-17(3)21(23(28)33-22(20)16-18)10-15-32-24(29)26-11-13-27(14-12-26)34(30,31)19-7-8-19/h6,9,16-17,19,21H,4-5,7-8,10-15H2,1-3H3. The maximum atomic E-state index is 12.7. The van der Waals surface area contributed by atoms with E-state index in [0.29, 0.717) is 38.3 Å². The van der Waals surface area contributed by atoms with Gasteiger partial charge in [0.1, 0.15) is 5.75 Å². The van der Waals surface area contributed by atoms with E-state index in [1.807, 2.05) is 19.1 Å². The van der Waals surface area contributed by atoms with E-state index in [2.05, 4.69) is 24.8 Å². The van der Waals surface area contributed by atoms with Crippen LogP contribution in [0.1, 0.15) is 51.5 Å². The van der Waals surface area contributed by atoms with Crippen molar-refractivity contribution in [3.05, 3.63) is 23.8 Å². The van der Waals surface area contributed by atoms with Gasteiger partial charge >= 0.3 is 12.1 Å². The van der Waals surface area contributed by atoms with E-state index in [0.717, 1.165) is 37.2 Å². The highest BCUT2D eigenvalue weighted by atomic mass is 32.2. The fourth-order valence-electron chi connectivity index (χ4n) is 4.81. The molecule has 0 N–H and O–H groups in total. The summed E-state index contributed by atoms with van der Waals surface area (Å²) >= 11 is 0. The van der Waals surface area contributed by atoms with Crippen molar-refractivity contribution in [2.24, 2.45) is 5.92 Å². The zero-order valence-electron chi connectivity index (χ0n) is 20.2. The number of hydrogen-bond acceptors (Lipinski definition) is 7. The van der Waals surface area contributed by atoms with Crippen molar-refractivity contribution in [2.45, 2.75) is 51.2 Å². The van der Waals surface area contributed by atoms with Crippen molar-refractivity contribution in [3.63, 3.8) is 0 Å². The minimum Gasteiger partial charge on any atom is -0.449 e. The Morgan fingerprint density at radius 2 is 1.82 bits per heavy atom. The predicted molar refractivity (Wildman–Crippen MR) is 129 cm³/mol. The maximum Gasteiger partial charge on any atom is 0.409 e. The van der Waals surface area contributed by atoms with Gasteiger partial charge < -0.3 is 19.3 Å². The summed E-state index contributed by atoms with van der Waals surface area (Å²) in [6.45, 7) is 9.26. The number of anilines is 1. The van der Waals surface area contributed by atoms with Gasteiger partial charge in [0.2, 0.25) is 10.0 Å². The monoisotopic (exact) mass is 493 g/mol. The molecule has 0 spiro atoms. The molecule has 0 radical (unpaired) electrons. The zero-order chi connectivity index (χ0) is 24.5. The Morgan fingerprint density at radius 3 is 2.44 bits per heavy atom. The third-order valence-corrected chi connectivity index (χ3v) is 9.59. The first-order valence-corrected chi connectivity index (χ1v) is 13.8. The van der Waals surface area contributed by atoms with Crippen LogP contribution in [0, 0.1) is 5.92 Å². The van der Waals surface area contributed by atoms with Gasteiger partial charge in [0.25, 0.3) is 0 Å². The summed E-state index contributed by atoms with van der Waals surface area (Å²) < 4.78 is 37.3. The second-order valence-electron chi connectivity index (χ2n) is 9.24. The minimum atomic E-state index is -3.22. The molecule has 0 aromatic heterocycles. The second-order valence-corrected chi connectivity index (χ2v) is 11.5. The molecule has 1 aliphatic carbocycles. The first-order chi connectivity index (χ1) is 16.3. The lowest BCUT2D eigenvalue weighted by Crippen LogP contribution is -2.51. The molecule has 2 aliphatic heterocycles. The van der Waals surface area contributed by atoms with Crippen LogP contribution >= 0.6 is 0 Å². The molecular formula is C24H35N3O6S. The number of amides is 1. The maximum absolute atomic E-state index is 12.7. The number of sulfonamides is 1. The van der Waals surface area contributed by atoms with Crippen LogP contribution in [0.5, 0.6) is 5.75 Å². The predicted octanol–water partition coefficient (Wildman–Crippen LogP) is 2.81. The number of fused-ring (bicyclic) bond motifs is 1. The van der Waals surface area contributed by atoms with E-state index in [1.54, 1.807) is 0 Å².